The molecule has 0 atom stereocenters. The van der Waals surface area contributed by atoms with Crippen molar-refractivity contribution in [3.8, 4) is 10.4 Å². The summed E-state index contributed by atoms with van der Waals surface area (Å²) in [6, 6.07) is 7.65. The number of amides is 2. The molecule has 1 heterocycles. The van der Waals surface area contributed by atoms with Crippen molar-refractivity contribution >= 4 is 39.9 Å². The van der Waals surface area contributed by atoms with Crippen molar-refractivity contribution in [2.75, 3.05) is 5.32 Å². The van der Waals surface area contributed by atoms with Crippen LogP contribution in [0.3, 0.4) is 0 Å². The van der Waals surface area contributed by atoms with Crippen LogP contribution in [-0.2, 0) is 0 Å². The number of carbonyl (C=O) groups is 2. The highest BCUT2D eigenvalue weighted by Gasteiger charge is 2.17. The number of nitrogens with two attached hydrogens (primary N) is 1. The molecule has 0 saturated heterocycles. The van der Waals surface area contributed by atoms with Gasteiger partial charge in [-0.1, -0.05) is 23.7 Å². The van der Waals surface area contributed by atoms with Gasteiger partial charge in [0.2, 0.25) is 0 Å². The number of carboxylic acids is 1. The fourth-order valence-electron chi connectivity index (χ4n) is 1.51. The van der Waals surface area contributed by atoms with Gasteiger partial charge in [-0.2, -0.15) is 0 Å². The van der Waals surface area contributed by atoms with Crippen molar-refractivity contribution in [3.05, 3.63) is 40.9 Å². The molecule has 0 unspecified atom stereocenters. The normalized spacial score (nSPS) is 10.2. The highest BCUT2D eigenvalue weighted by atomic mass is 35.5. The largest absolute Gasteiger partial charge is 0.478 e. The van der Waals surface area contributed by atoms with E-state index in [0.29, 0.717) is 9.90 Å². The number of benzene rings is 1. The van der Waals surface area contributed by atoms with Crippen LogP contribution in [0.15, 0.2) is 30.3 Å². The predicted molar refractivity (Wildman–Crippen MR) is 74.9 cm³/mol. The number of carboxylic acid groups (broad SMARTS) is 1. The van der Waals surface area contributed by atoms with Crippen molar-refractivity contribution < 1.29 is 14.7 Å². The van der Waals surface area contributed by atoms with Crippen LogP contribution in [0.5, 0.6) is 0 Å². The summed E-state index contributed by atoms with van der Waals surface area (Å²) in [4.78, 5) is 22.6. The molecule has 2 rings (SSSR count). The van der Waals surface area contributed by atoms with Crippen LogP contribution in [-0.4, -0.2) is 17.1 Å². The Bertz CT molecular complexity index is 637. The van der Waals surface area contributed by atoms with E-state index in [9.17, 15) is 9.59 Å². The zero-order valence-corrected chi connectivity index (χ0v) is 11.1. The van der Waals surface area contributed by atoms with Crippen molar-refractivity contribution in [1.82, 2.24) is 0 Å². The molecular weight excluding hydrogens is 288 g/mol. The van der Waals surface area contributed by atoms with Crippen LogP contribution >= 0.6 is 22.9 Å². The Morgan fingerprint density at radius 2 is 1.89 bits per heavy atom. The fraction of sp³-hybridized carbons (Fsp3) is 0. The van der Waals surface area contributed by atoms with Gasteiger partial charge in [0.25, 0.3) is 0 Å². The first-order chi connectivity index (χ1) is 8.97. The molecule has 19 heavy (non-hydrogen) atoms. The minimum Gasteiger partial charge on any atom is -0.478 e. The third-order valence-electron chi connectivity index (χ3n) is 2.33. The van der Waals surface area contributed by atoms with Crippen LogP contribution in [0.25, 0.3) is 10.4 Å². The van der Waals surface area contributed by atoms with Gasteiger partial charge in [-0.05, 0) is 23.8 Å². The molecule has 2 aromatic rings. The molecule has 1 aromatic heterocycles. The zero-order chi connectivity index (χ0) is 14.0. The smallest absolute Gasteiger partial charge is 0.338 e. The summed E-state index contributed by atoms with van der Waals surface area (Å²) in [7, 11) is 0. The van der Waals surface area contributed by atoms with E-state index >= 15 is 0 Å². The Labute approximate surface area is 117 Å². The molecule has 0 aliphatic carbocycles. The minimum atomic E-state index is -1.12. The fourth-order valence-corrected chi connectivity index (χ4v) is 2.70. The lowest BCUT2D eigenvalue weighted by Crippen LogP contribution is -2.19. The molecule has 1 aromatic carbocycles. The van der Waals surface area contributed by atoms with E-state index in [4.69, 9.17) is 22.4 Å². The van der Waals surface area contributed by atoms with Gasteiger partial charge in [0.15, 0.2) is 0 Å². The van der Waals surface area contributed by atoms with Gasteiger partial charge in [0.1, 0.15) is 5.00 Å². The van der Waals surface area contributed by atoms with Gasteiger partial charge in [0, 0.05) is 9.90 Å². The number of anilines is 1. The Kier molecular flexibility index (Phi) is 3.73. The van der Waals surface area contributed by atoms with E-state index < -0.39 is 12.0 Å². The second-order valence-electron chi connectivity index (χ2n) is 3.65. The van der Waals surface area contributed by atoms with Crippen LogP contribution in [0, 0.1) is 0 Å². The van der Waals surface area contributed by atoms with Gasteiger partial charge in [-0.15, -0.1) is 11.3 Å². The number of halogens is 1. The van der Waals surface area contributed by atoms with E-state index in [1.165, 1.54) is 6.07 Å². The van der Waals surface area contributed by atoms with Crippen molar-refractivity contribution in [2.24, 2.45) is 5.73 Å². The molecule has 0 saturated carbocycles. The van der Waals surface area contributed by atoms with Gasteiger partial charge in [-0.3, -0.25) is 5.32 Å². The monoisotopic (exact) mass is 296 g/mol. The Morgan fingerprint density at radius 3 is 2.42 bits per heavy atom. The van der Waals surface area contributed by atoms with Gasteiger partial charge < -0.3 is 10.8 Å². The summed E-state index contributed by atoms with van der Waals surface area (Å²) >= 11 is 6.93. The molecule has 7 heteroatoms. The number of thiophene rings is 1. The number of rotatable bonds is 3. The molecule has 0 spiro atoms. The molecule has 4 N–H and O–H groups in total. The molecular formula is C12H9ClN2O3S. The maximum absolute atomic E-state index is 11.1. The first-order valence-corrected chi connectivity index (χ1v) is 6.36. The predicted octanol–water partition coefficient (Wildman–Crippen LogP) is 3.26. The molecule has 0 bridgehead atoms. The van der Waals surface area contributed by atoms with E-state index in [-0.39, 0.29) is 10.6 Å². The highest BCUT2D eigenvalue weighted by molar-refractivity contribution is 7.20. The Balaban J connectivity index is 2.45. The topological polar surface area (TPSA) is 92.4 Å². The first-order valence-electron chi connectivity index (χ1n) is 5.17. The number of aromatic carboxylic acids is 1. The maximum Gasteiger partial charge on any atom is 0.338 e. The number of primary amides is 1. The Hall–Kier alpha value is -2.05. The lowest BCUT2D eigenvalue weighted by Gasteiger charge is -1.98. The van der Waals surface area contributed by atoms with Crippen LogP contribution in [0.2, 0.25) is 5.02 Å². The number of hydrogen-bond acceptors (Lipinski definition) is 3. The number of nitrogens with one attached hydrogen (secondary N) is 1. The lowest BCUT2D eigenvalue weighted by molar-refractivity contribution is 0.0698. The molecule has 0 radical (unpaired) electrons. The van der Waals surface area contributed by atoms with Gasteiger partial charge in [0.05, 0.1) is 5.56 Å². The molecule has 0 aliphatic heterocycles. The summed E-state index contributed by atoms with van der Waals surface area (Å²) in [5.74, 6) is -1.12. The number of carbonyl (C=O) groups excluding carboxylic acids is 1. The van der Waals surface area contributed by atoms with Gasteiger partial charge >= 0.3 is 12.0 Å². The summed E-state index contributed by atoms with van der Waals surface area (Å²) in [5.41, 5.74) is 5.83. The third-order valence-corrected chi connectivity index (χ3v) is 3.68. The second kappa shape index (κ2) is 5.29. The number of hydrogen-bond donors (Lipinski definition) is 3. The molecule has 2 amide bonds. The van der Waals surface area contributed by atoms with Crippen molar-refractivity contribution in [2.45, 2.75) is 0 Å². The van der Waals surface area contributed by atoms with Crippen LogP contribution in [0.4, 0.5) is 9.80 Å². The van der Waals surface area contributed by atoms with Crippen molar-refractivity contribution in [1.29, 1.82) is 0 Å². The van der Waals surface area contributed by atoms with E-state index in [2.05, 4.69) is 5.32 Å². The molecule has 5 nitrogen and oxygen atoms in total. The average molecular weight is 297 g/mol. The standard InChI is InChI=1S/C12H9ClN2O3S/c13-7-3-1-6(2-4-7)9-5-8(11(16)17)10(19-9)15-12(14)18/h1-5H,(H,16,17)(H3,14,15,18). The van der Waals surface area contributed by atoms with Crippen LogP contribution < -0.4 is 11.1 Å². The minimum absolute atomic E-state index is 0.00810. The summed E-state index contributed by atoms with van der Waals surface area (Å²) < 4.78 is 0. The van der Waals surface area contributed by atoms with E-state index in [1.54, 1.807) is 24.3 Å². The molecule has 0 aliphatic rings. The molecule has 0 fully saturated rings. The van der Waals surface area contributed by atoms with Gasteiger partial charge in [-0.25, -0.2) is 9.59 Å². The Morgan fingerprint density at radius 1 is 1.26 bits per heavy atom. The molecule has 98 valence electrons. The zero-order valence-electron chi connectivity index (χ0n) is 9.51. The third kappa shape index (κ3) is 3.04. The average Bonchev–Trinajstić information content (AvgIpc) is 2.73. The first kappa shape index (κ1) is 13.4. The quantitative estimate of drug-likeness (QED) is 0.811. The summed E-state index contributed by atoms with van der Waals surface area (Å²) in [6.07, 6.45) is 0. The van der Waals surface area contributed by atoms with Crippen molar-refractivity contribution in [3.63, 3.8) is 0 Å². The van der Waals surface area contributed by atoms with Crippen LogP contribution in [0.1, 0.15) is 10.4 Å². The number of urea groups is 1. The highest BCUT2D eigenvalue weighted by Crippen LogP contribution is 2.35. The van der Waals surface area contributed by atoms with E-state index in [0.717, 1.165) is 16.9 Å². The SMILES string of the molecule is NC(=O)Nc1sc(-c2ccc(Cl)cc2)cc1C(=O)O. The van der Waals surface area contributed by atoms with E-state index in [1.807, 2.05) is 0 Å². The maximum atomic E-state index is 11.1. The lowest BCUT2D eigenvalue weighted by atomic mass is 10.1. The summed E-state index contributed by atoms with van der Waals surface area (Å²) in [6.45, 7) is 0. The summed E-state index contributed by atoms with van der Waals surface area (Å²) in [5, 5.41) is 12.2. The second-order valence-corrected chi connectivity index (χ2v) is 5.14.